The number of ether oxygens (including phenoxy) is 1. The van der Waals surface area contributed by atoms with E-state index in [2.05, 4.69) is 0 Å². The fraction of sp³-hybridized carbons (Fsp3) is 0.889. The second-order valence-electron chi connectivity index (χ2n) is 3.48. The predicted molar refractivity (Wildman–Crippen MR) is 50.3 cm³/mol. The van der Waals surface area contributed by atoms with Gasteiger partial charge in [0.25, 0.3) is 0 Å². The minimum Gasteiger partial charge on any atom is -0.376 e. The molecule has 0 aliphatic carbocycles. The fourth-order valence-corrected chi connectivity index (χ4v) is 1.71. The smallest absolute Gasteiger partial charge is 0.223 e. The average molecular weight is 186 g/mol. The first kappa shape index (κ1) is 10.5. The number of likely N-dealkylation sites (N-methyl/N-ethyl adjacent to an activating group) is 1. The maximum Gasteiger partial charge on any atom is 0.223 e. The molecular weight excluding hydrogens is 168 g/mol. The zero-order valence-electron chi connectivity index (χ0n) is 8.32. The van der Waals surface area contributed by atoms with Gasteiger partial charge in [0.1, 0.15) is 0 Å². The Bertz CT molecular complexity index is 184. The summed E-state index contributed by atoms with van der Waals surface area (Å²) in [5.74, 6) is 0.116. The van der Waals surface area contributed by atoms with Crippen molar-refractivity contribution in [2.45, 2.75) is 31.9 Å². The monoisotopic (exact) mass is 186 g/mol. The summed E-state index contributed by atoms with van der Waals surface area (Å²) in [6, 6.07) is 0.235. The van der Waals surface area contributed by atoms with Gasteiger partial charge < -0.3 is 15.4 Å². The molecule has 1 saturated heterocycles. The quantitative estimate of drug-likeness (QED) is 0.673. The number of hydrogen-bond donors (Lipinski definition) is 1. The van der Waals surface area contributed by atoms with Crippen LogP contribution in [0, 0.1) is 0 Å². The Morgan fingerprint density at radius 2 is 2.38 bits per heavy atom. The van der Waals surface area contributed by atoms with Crippen LogP contribution in [0.3, 0.4) is 0 Å². The Morgan fingerprint density at radius 3 is 2.85 bits per heavy atom. The van der Waals surface area contributed by atoms with Crippen molar-refractivity contribution in [3.8, 4) is 0 Å². The van der Waals surface area contributed by atoms with Crippen molar-refractivity contribution in [2.75, 3.05) is 20.2 Å². The van der Waals surface area contributed by atoms with Gasteiger partial charge in [-0.25, -0.2) is 0 Å². The highest BCUT2D eigenvalue weighted by Gasteiger charge is 2.29. The molecule has 2 unspecified atom stereocenters. The molecule has 13 heavy (non-hydrogen) atoms. The largest absolute Gasteiger partial charge is 0.376 e. The molecule has 0 aromatic carbocycles. The lowest BCUT2D eigenvalue weighted by Gasteiger charge is -2.26. The first-order valence-corrected chi connectivity index (χ1v) is 4.74. The highest BCUT2D eigenvalue weighted by Crippen LogP contribution is 2.18. The molecule has 4 heteroatoms. The number of nitrogens with zero attached hydrogens (tertiary/aromatic N) is 1. The van der Waals surface area contributed by atoms with Gasteiger partial charge in [-0.3, -0.25) is 4.79 Å². The van der Waals surface area contributed by atoms with Gasteiger partial charge in [-0.2, -0.15) is 0 Å². The van der Waals surface area contributed by atoms with Crippen molar-refractivity contribution in [1.29, 1.82) is 0 Å². The number of amides is 1. The molecule has 0 aromatic heterocycles. The lowest BCUT2D eigenvalue weighted by atomic mass is 10.1. The molecule has 0 spiro atoms. The van der Waals surface area contributed by atoms with E-state index in [1.54, 1.807) is 4.90 Å². The molecule has 0 radical (unpaired) electrons. The Morgan fingerprint density at radius 1 is 1.69 bits per heavy atom. The molecule has 0 aromatic rings. The van der Waals surface area contributed by atoms with E-state index >= 15 is 0 Å². The van der Waals surface area contributed by atoms with Crippen LogP contribution in [0.25, 0.3) is 0 Å². The highest BCUT2D eigenvalue weighted by molar-refractivity contribution is 5.76. The van der Waals surface area contributed by atoms with Crippen LogP contribution in [0.1, 0.15) is 19.8 Å². The van der Waals surface area contributed by atoms with Gasteiger partial charge >= 0.3 is 0 Å². The molecule has 0 saturated carbocycles. The molecular formula is C9H18N2O2. The summed E-state index contributed by atoms with van der Waals surface area (Å²) in [7, 11) is 1.83. The number of carbonyl (C=O) groups excluding carboxylic acids is 1. The molecule has 1 heterocycles. The maximum absolute atomic E-state index is 11.5. The first-order valence-electron chi connectivity index (χ1n) is 4.74. The lowest BCUT2D eigenvalue weighted by Crippen LogP contribution is -2.41. The molecule has 0 bridgehead atoms. The molecule has 1 aliphatic heterocycles. The SMILES string of the molecule is CC1OCCC1N(C)C(=O)CCN. The summed E-state index contributed by atoms with van der Waals surface area (Å²) in [6.07, 6.45) is 1.53. The number of nitrogens with two attached hydrogens (primary N) is 1. The van der Waals surface area contributed by atoms with Gasteiger partial charge in [-0.1, -0.05) is 0 Å². The van der Waals surface area contributed by atoms with Gasteiger partial charge in [-0.15, -0.1) is 0 Å². The summed E-state index contributed by atoms with van der Waals surface area (Å²) in [5, 5.41) is 0. The van der Waals surface area contributed by atoms with Crippen LogP contribution in [0.2, 0.25) is 0 Å². The Kier molecular flexibility index (Phi) is 3.69. The van der Waals surface area contributed by atoms with Crippen LogP contribution in [-0.2, 0) is 9.53 Å². The highest BCUT2D eigenvalue weighted by atomic mass is 16.5. The predicted octanol–water partition coefficient (Wildman–Crippen LogP) is -0.0290. The van der Waals surface area contributed by atoms with E-state index in [0.29, 0.717) is 13.0 Å². The van der Waals surface area contributed by atoms with Gasteiger partial charge in [0.2, 0.25) is 5.91 Å². The number of rotatable bonds is 3. The van der Waals surface area contributed by atoms with E-state index in [9.17, 15) is 4.79 Å². The third kappa shape index (κ3) is 2.42. The summed E-state index contributed by atoms with van der Waals surface area (Å²) in [6.45, 7) is 3.18. The lowest BCUT2D eigenvalue weighted by molar-refractivity contribution is -0.132. The molecule has 1 rings (SSSR count). The molecule has 1 aliphatic rings. The van der Waals surface area contributed by atoms with Crippen LogP contribution >= 0.6 is 0 Å². The average Bonchev–Trinajstić information content (AvgIpc) is 2.50. The first-order chi connectivity index (χ1) is 6.16. The normalized spacial score (nSPS) is 27.6. The standard InChI is InChI=1S/C9H18N2O2/c1-7-8(4-6-13-7)11(2)9(12)3-5-10/h7-8H,3-6,10H2,1-2H3. The van der Waals surface area contributed by atoms with Crippen LogP contribution in [0.4, 0.5) is 0 Å². The third-order valence-electron chi connectivity index (χ3n) is 2.59. The van der Waals surface area contributed by atoms with Crippen LogP contribution in [0.5, 0.6) is 0 Å². The molecule has 1 fully saturated rings. The van der Waals surface area contributed by atoms with Crippen molar-refractivity contribution < 1.29 is 9.53 Å². The van der Waals surface area contributed by atoms with Crippen molar-refractivity contribution >= 4 is 5.91 Å². The molecule has 76 valence electrons. The summed E-state index contributed by atoms with van der Waals surface area (Å²) < 4.78 is 5.39. The molecule has 2 atom stereocenters. The van der Waals surface area contributed by atoms with E-state index < -0.39 is 0 Å². The topological polar surface area (TPSA) is 55.6 Å². The van der Waals surface area contributed by atoms with E-state index in [-0.39, 0.29) is 18.1 Å². The van der Waals surface area contributed by atoms with E-state index in [0.717, 1.165) is 13.0 Å². The second kappa shape index (κ2) is 4.58. The van der Waals surface area contributed by atoms with Crippen LogP contribution in [0.15, 0.2) is 0 Å². The van der Waals surface area contributed by atoms with E-state index in [1.807, 2.05) is 14.0 Å². The Labute approximate surface area is 79.0 Å². The van der Waals surface area contributed by atoms with Gasteiger partial charge in [0, 0.05) is 26.6 Å². The van der Waals surface area contributed by atoms with Crippen LogP contribution < -0.4 is 5.73 Å². The van der Waals surface area contributed by atoms with Crippen molar-refractivity contribution in [3.63, 3.8) is 0 Å². The Hall–Kier alpha value is -0.610. The molecule has 2 N–H and O–H groups in total. The van der Waals surface area contributed by atoms with Crippen molar-refractivity contribution in [1.82, 2.24) is 4.90 Å². The number of hydrogen-bond acceptors (Lipinski definition) is 3. The Balaban J connectivity index is 2.45. The third-order valence-corrected chi connectivity index (χ3v) is 2.59. The zero-order chi connectivity index (χ0) is 9.84. The maximum atomic E-state index is 11.5. The van der Waals surface area contributed by atoms with Gasteiger partial charge in [-0.05, 0) is 13.3 Å². The molecule has 1 amide bonds. The van der Waals surface area contributed by atoms with Crippen molar-refractivity contribution in [2.24, 2.45) is 5.73 Å². The van der Waals surface area contributed by atoms with Gasteiger partial charge in [0.05, 0.1) is 12.1 Å². The van der Waals surface area contributed by atoms with E-state index in [1.165, 1.54) is 0 Å². The number of carbonyl (C=O) groups is 1. The summed E-state index contributed by atoms with van der Waals surface area (Å²) in [5.41, 5.74) is 5.32. The summed E-state index contributed by atoms with van der Waals surface area (Å²) in [4.78, 5) is 13.2. The van der Waals surface area contributed by atoms with Crippen LogP contribution in [-0.4, -0.2) is 43.2 Å². The fourth-order valence-electron chi connectivity index (χ4n) is 1.71. The second-order valence-corrected chi connectivity index (χ2v) is 3.48. The van der Waals surface area contributed by atoms with E-state index in [4.69, 9.17) is 10.5 Å². The zero-order valence-corrected chi connectivity index (χ0v) is 8.32. The van der Waals surface area contributed by atoms with Crippen molar-refractivity contribution in [3.05, 3.63) is 0 Å². The minimum atomic E-state index is 0.116. The summed E-state index contributed by atoms with van der Waals surface area (Å²) >= 11 is 0. The molecule has 4 nitrogen and oxygen atoms in total. The minimum absolute atomic E-state index is 0.116. The van der Waals surface area contributed by atoms with Gasteiger partial charge in [0.15, 0.2) is 0 Å².